The number of nitrogens with zero attached hydrogens (tertiary/aromatic N) is 1. The molecule has 2 aromatic carbocycles. The van der Waals surface area contributed by atoms with E-state index < -0.39 is 0 Å². The Bertz CT molecular complexity index is 816. The molecule has 0 aliphatic carbocycles. The smallest absolute Gasteiger partial charge is 0.244 e. The topological polar surface area (TPSA) is 57.2 Å². The molecule has 1 amide bonds. The van der Waals surface area contributed by atoms with Gasteiger partial charge in [0.25, 0.3) is 0 Å². The van der Waals surface area contributed by atoms with Crippen molar-refractivity contribution in [3.8, 4) is 0 Å². The number of aryl methyl sites for hydroxylation is 1. The third-order valence-electron chi connectivity index (χ3n) is 3.51. The van der Waals surface area contributed by atoms with Crippen LogP contribution in [0.4, 0.5) is 0 Å². The monoisotopic (exact) mass is 291 g/mol. The van der Waals surface area contributed by atoms with Gasteiger partial charge in [0.1, 0.15) is 0 Å². The number of amides is 1. The van der Waals surface area contributed by atoms with E-state index in [9.17, 15) is 4.79 Å². The van der Waals surface area contributed by atoms with Gasteiger partial charge >= 0.3 is 0 Å². The van der Waals surface area contributed by atoms with Crippen LogP contribution in [0.5, 0.6) is 0 Å². The molecule has 0 bridgehead atoms. The van der Waals surface area contributed by atoms with Crippen molar-refractivity contribution in [1.29, 1.82) is 0 Å². The average molecular weight is 291 g/mol. The van der Waals surface area contributed by atoms with Gasteiger partial charge in [0, 0.05) is 17.1 Å². The van der Waals surface area contributed by atoms with Gasteiger partial charge in [-0.15, -0.1) is 0 Å². The van der Waals surface area contributed by atoms with Crippen molar-refractivity contribution in [3.05, 3.63) is 71.4 Å². The number of nitrogens with one attached hydrogen (secondary N) is 2. The molecule has 4 nitrogen and oxygen atoms in total. The molecule has 3 aromatic rings. The highest BCUT2D eigenvalue weighted by molar-refractivity contribution is 5.89. The van der Waals surface area contributed by atoms with E-state index in [0.29, 0.717) is 6.42 Å². The van der Waals surface area contributed by atoms with Crippen LogP contribution in [0.1, 0.15) is 16.7 Å². The Kier molecular flexibility index (Phi) is 4.01. The molecule has 110 valence electrons. The van der Waals surface area contributed by atoms with Crippen LogP contribution < -0.4 is 5.43 Å². The van der Waals surface area contributed by atoms with Gasteiger partial charge < -0.3 is 4.98 Å². The quantitative estimate of drug-likeness (QED) is 0.563. The number of rotatable bonds is 4. The highest BCUT2D eigenvalue weighted by Gasteiger charge is 2.07. The number of aromatic amines is 1. The molecule has 1 heterocycles. The number of hydrogen-bond donors (Lipinski definition) is 2. The Morgan fingerprint density at radius 3 is 2.77 bits per heavy atom. The van der Waals surface area contributed by atoms with E-state index in [0.717, 1.165) is 22.0 Å². The number of fused-ring (bicyclic) bond motifs is 1. The number of hydrazone groups is 1. The van der Waals surface area contributed by atoms with Crippen molar-refractivity contribution in [2.45, 2.75) is 13.3 Å². The zero-order valence-electron chi connectivity index (χ0n) is 12.3. The van der Waals surface area contributed by atoms with Crippen LogP contribution in [-0.2, 0) is 11.2 Å². The lowest BCUT2D eigenvalue weighted by Gasteiger charge is -1.99. The van der Waals surface area contributed by atoms with Gasteiger partial charge in [0.05, 0.1) is 12.6 Å². The van der Waals surface area contributed by atoms with Gasteiger partial charge in [-0.3, -0.25) is 4.79 Å². The summed E-state index contributed by atoms with van der Waals surface area (Å²) in [4.78, 5) is 15.1. The highest BCUT2D eigenvalue weighted by atomic mass is 16.2. The van der Waals surface area contributed by atoms with E-state index >= 15 is 0 Å². The largest absolute Gasteiger partial charge is 0.361 e. The summed E-state index contributed by atoms with van der Waals surface area (Å²) in [7, 11) is 0. The summed E-state index contributed by atoms with van der Waals surface area (Å²) in [6, 6.07) is 15.9. The second kappa shape index (κ2) is 6.26. The van der Waals surface area contributed by atoms with Crippen LogP contribution >= 0.6 is 0 Å². The molecule has 0 aliphatic heterocycles. The van der Waals surface area contributed by atoms with Crippen LogP contribution in [0.3, 0.4) is 0 Å². The van der Waals surface area contributed by atoms with E-state index in [4.69, 9.17) is 0 Å². The van der Waals surface area contributed by atoms with Crippen molar-refractivity contribution in [2.75, 3.05) is 0 Å². The highest BCUT2D eigenvalue weighted by Crippen LogP contribution is 2.17. The lowest BCUT2D eigenvalue weighted by molar-refractivity contribution is -0.120. The molecular formula is C18H17N3O. The lowest BCUT2D eigenvalue weighted by Crippen LogP contribution is -2.19. The van der Waals surface area contributed by atoms with Crippen LogP contribution in [0.15, 0.2) is 59.8 Å². The Morgan fingerprint density at radius 1 is 1.18 bits per heavy atom. The number of hydrogen-bond acceptors (Lipinski definition) is 2. The Morgan fingerprint density at radius 2 is 1.95 bits per heavy atom. The number of para-hydroxylation sites is 1. The maximum absolute atomic E-state index is 12.0. The van der Waals surface area contributed by atoms with Crippen molar-refractivity contribution in [1.82, 2.24) is 10.4 Å². The summed E-state index contributed by atoms with van der Waals surface area (Å²) in [5.74, 6) is -0.131. The summed E-state index contributed by atoms with van der Waals surface area (Å²) in [5.41, 5.74) is 6.72. The molecule has 0 saturated heterocycles. The summed E-state index contributed by atoms with van der Waals surface area (Å²) >= 11 is 0. The fraction of sp³-hybridized carbons (Fsp3) is 0.111. The predicted octanol–water partition coefficient (Wildman–Crippen LogP) is 3.17. The first-order chi connectivity index (χ1) is 10.7. The summed E-state index contributed by atoms with van der Waals surface area (Å²) in [6.07, 6.45) is 3.82. The molecule has 0 aliphatic rings. The molecule has 0 fully saturated rings. The molecule has 0 saturated carbocycles. The molecule has 0 spiro atoms. The minimum Gasteiger partial charge on any atom is -0.361 e. The summed E-state index contributed by atoms with van der Waals surface area (Å²) < 4.78 is 0. The summed E-state index contributed by atoms with van der Waals surface area (Å²) in [6.45, 7) is 2.03. The number of aromatic nitrogens is 1. The van der Waals surface area contributed by atoms with Gasteiger partial charge in [0.2, 0.25) is 5.91 Å². The number of H-pyrrole nitrogens is 1. The molecule has 0 radical (unpaired) electrons. The summed E-state index contributed by atoms with van der Waals surface area (Å²) in [5, 5.41) is 5.07. The molecule has 4 heteroatoms. The first-order valence-corrected chi connectivity index (χ1v) is 7.16. The molecule has 2 N–H and O–H groups in total. The minimum absolute atomic E-state index is 0.131. The van der Waals surface area contributed by atoms with Gasteiger partial charge in [-0.05, 0) is 24.1 Å². The molecule has 22 heavy (non-hydrogen) atoms. The van der Waals surface area contributed by atoms with Crippen molar-refractivity contribution < 1.29 is 4.79 Å². The third kappa shape index (κ3) is 3.23. The van der Waals surface area contributed by atoms with Gasteiger partial charge in [-0.2, -0.15) is 5.10 Å². The first kappa shape index (κ1) is 14.1. The van der Waals surface area contributed by atoms with Crippen molar-refractivity contribution in [3.63, 3.8) is 0 Å². The van der Waals surface area contributed by atoms with Crippen LogP contribution in [-0.4, -0.2) is 17.1 Å². The molecule has 1 aromatic heterocycles. The zero-order valence-corrected chi connectivity index (χ0v) is 12.3. The standard InChI is InChI=1S/C18H17N3O/c1-13-6-8-14(9-7-13)11-20-21-18(22)10-15-12-19-17-5-3-2-4-16(15)17/h2-9,11-12,19H,10H2,1H3,(H,21,22)/b20-11-. The van der Waals surface area contributed by atoms with E-state index in [1.165, 1.54) is 5.56 Å². The number of carbonyl (C=O) groups is 1. The fourth-order valence-electron chi connectivity index (χ4n) is 2.32. The van der Waals surface area contributed by atoms with E-state index in [-0.39, 0.29) is 5.91 Å². The molecule has 0 atom stereocenters. The van der Waals surface area contributed by atoms with Crippen LogP contribution in [0.25, 0.3) is 10.9 Å². The van der Waals surface area contributed by atoms with Gasteiger partial charge in [-0.25, -0.2) is 5.43 Å². The van der Waals surface area contributed by atoms with Gasteiger partial charge in [-0.1, -0.05) is 48.0 Å². The maximum atomic E-state index is 12.0. The van der Waals surface area contributed by atoms with E-state index in [2.05, 4.69) is 15.5 Å². The Labute approximate surface area is 128 Å². The molecular weight excluding hydrogens is 274 g/mol. The van der Waals surface area contributed by atoms with Crippen molar-refractivity contribution >= 4 is 23.0 Å². The SMILES string of the molecule is Cc1ccc(/C=N\NC(=O)Cc2c[nH]c3ccccc23)cc1. The Balaban J connectivity index is 1.62. The van der Waals surface area contributed by atoms with Crippen LogP contribution in [0, 0.1) is 6.92 Å². The zero-order chi connectivity index (χ0) is 15.4. The van der Waals surface area contributed by atoms with Crippen molar-refractivity contribution in [2.24, 2.45) is 5.10 Å². The molecule has 0 unspecified atom stereocenters. The average Bonchev–Trinajstić information content (AvgIpc) is 2.93. The lowest BCUT2D eigenvalue weighted by atomic mass is 10.1. The Hall–Kier alpha value is -2.88. The third-order valence-corrected chi connectivity index (χ3v) is 3.51. The second-order valence-corrected chi connectivity index (χ2v) is 5.24. The second-order valence-electron chi connectivity index (χ2n) is 5.24. The van der Waals surface area contributed by atoms with E-state index in [1.54, 1.807) is 6.21 Å². The fourth-order valence-corrected chi connectivity index (χ4v) is 2.32. The minimum atomic E-state index is -0.131. The predicted molar refractivity (Wildman–Crippen MR) is 88.9 cm³/mol. The normalized spacial score (nSPS) is 11.1. The number of benzene rings is 2. The van der Waals surface area contributed by atoms with Gasteiger partial charge in [0.15, 0.2) is 0 Å². The first-order valence-electron chi connectivity index (χ1n) is 7.16. The molecule has 3 rings (SSSR count). The van der Waals surface area contributed by atoms with Crippen LogP contribution in [0.2, 0.25) is 0 Å². The van der Waals surface area contributed by atoms with E-state index in [1.807, 2.05) is 61.7 Å². The maximum Gasteiger partial charge on any atom is 0.244 e. The number of carbonyl (C=O) groups excluding carboxylic acids is 1.